The van der Waals surface area contributed by atoms with Gasteiger partial charge in [-0.05, 0) is 87.3 Å². The standard InChI is InChI=1S/C44H68N4O7Si/c1-13-30(2)38(41(52)48-25-23-35(49)24-26-48)46-39(50)34(27-32-19-21-33(22-20-32)40(51)47(9)10)29-37(55-56(11,12)44(6,7)8)36(28-31-17-15-14-16-18-31)45-42(53)54-43(3,4)5/h14-22,30,34,36-38H,13,23-29H2,1-12H3,(H,45,53)(H,46,50)/t30-,34-,36-,37+,38-/m0/s1. The van der Waals surface area contributed by atoms with Crippen molar-refractivity contribution in [1.82, 2.24) is 20.4 Å². The van der Waals surface area contributed by atoms with Crippen LogP contribution in [0.2, 0.25) is 18.1 Å². The van der Waals surface area contributed by atoms with E-state index in [0.29, 0.717) is 50.8 Å². The van der Waals surface area contributed by atoms with Crippen LogP contribution in [0.25, 0.3) is 0 Å². The summed E-state index contributed by atoms with van der Waals surface area (Å²) in [6.45, 7) is 20.8. The fourth-order valence-corrected chi connectivity index (χ4v) is 7.84. The van der Waals surface area contributed by atoms with Crippen molar-refractivity contribution in [3.63, 3.8) is 0 Å². The highest BCUT2D eigenvalue weighted by atomic mass is 28.4. The summed E-state index contributed by atoms with van der Waals surface area (Å²) in [4.78, 5) is 70.3. The molecule has 4 amide bonds. The van der Waals surface area contributed by atoms with Crippen LogP contribution in [0.5, 0.6) is 0 Å². The fraction of sp³-hybridized carbons (Fsp3) is 0.614. The van der Waals surface area contributed by atoms with Crippen molar-refractivity contribution in [3.05, 3.63) is 71.3 Å². The highest BCUT2D eigenvalue weighted by Crippen LogP contribution is 2.39. The number of ketones is 1. The topological polar surface area (TPSA) is 134 Å². The van der Waals surface area contributed by atoms with Crippen LogP contribution in [0, 0.1) is 11.8 Å². The number of nitrogens with zero attached hydrogens (tertiary/aromatic N) is 2. The lowest BCUT2D eigenvalue weighted by Gasteiger charge is -2.42. The Morgan fingerprint density at radius 3 is 1.95 bits per heavy atom. The maximum absolute atomic E-state index is 14.8. The number of benzene rings is 2. The van der Waals surface area contributed by atoms with Gasteiger partial charge < -0.3 is 29.6 Å². The van der Waals surface area contributed by atoms with Crippen LogP contribution in [-0.4, -0.2) is 98.7 Å². The predicted octanol–water partition coefficient (Wildman–Crippen LogP) is 7.19. The summed E-state index contributed by atoms with van der Waals surface area (Å²) in [7, 11) is 0.877. The third-order valence-corrected chi connectivity index (χ3v) is 15.6. The van der Waals surface area contributed by atoms with Crippen LogP contribution in [0.15, 0.2) is 54.6 Å². The third-order valence-electron chi connectivity index (χ3n) is 11.1. The molecule has 2 aromatic rings. The number of hydrogen-bond donors (Lipinski definition) is 2. The van der Waals surface area contributed by atoms with Gasteiger partial charge in [0.15, 0.2) is 8.32 Å². The van der Waals surface area contributed by atoms with Crippen molar-refractivity contribution in [1.29, 1.82) is 0 Å². The summed E-state index contributed by atoms with van der Waals surface area (Å²) in [6.07, 6.45) is 1.02. The first-order valence-corrected chi connectivity index (χ1v) is 23.0. The zero-order chi connectivity index (χ0) is 42.0. The number of alkyl carbamates (subject to hydrolysis) is 1. The number of likely N-dealkylation sites (tertiary alicyclic amines) is 1. The summed E-state index contributed by atoms with van der Waals surface area (Å²) in [6, 6.07) is 15.8. The number of piperidine rings is 1. The van der Waals surface area contributed by atoms with Gasteiger partial charge in [-0.1, -0.05) is 83.5 Å². The van der Waals surface area contributed by atoms with Gasteiger partial charge in [0.25, 0.3) is 5.91 Å². The molecule has 5 atom stereocenters. The molecule has 2 N–H and O–H groups in total. The molecule has 0 aliphatic carbocycles. The molecule has 1 heterocycles. The van der Waals surface area contributed by atoms with E-state index in [1.54, 1.807) is 31.1 Å². The monoisotopic (exact) mass is 792 g/mol. The summed E-state index contributed by atoms with van der Waals surface area (Å²) in [5.74, 6) is -1.34. The molecule has 1 aliphatic heterocycles. The van der Waals surface area contributed by atoms with Gasteiger partial charge in [-0.3, -0.25) is 19.2 Å². The minimum atomic E-state index is -2.53. The predicted molar refractivity (Wildman–Crippen MR) is 224 cm³/mol. The Labute approximate surface area is 336 Å². The molecule has 2 aromatic carbocycles. The average Bonchev–Trinajstić information content (AvgIpc) is 3.11. The zero-order valence-electron chi connectivity index (χ0n) is 36.0. The lowest BCUT2D eigenvalue weighted by Crippen LogP contribution is -2.56. The Morgan fingerprint density at radius 1 is 0.857 bits per heavy atom. The highest BCUT2D eigenvalue weighted by Gasteiger charge is 2.43. The van der Waals surface area contributed by atoms with E-state index < -0.39 is 44.1 Å². The molecule has 0 aromatic heterocycles. The van der Waals surface area contributed by atoms with Gasteiger partial charge in [-0.25, -0.2) is 4.79 Å². The average molecular weight is 793 g/mol. The van der Waals surface area contributed by atoms with Gasteiger partial charge in [-0.15, -0.1) is 0 Å². The minimum Gasteiger partial charge on any atom is -0.444 e. The smallest absolute Gasteiger partial charge is 0.407 e. The van der Waals surface area contributed by atoms with Gasteiger partial charge in [0, 0.05) is 51.5 Å². The summed E-state index contributed by atoms with van der Waals surface area (Å²) >= 11 is 0. The van der Waals surface area contributed by atoms with Crippen LogP contribution in [-0.2, 0) is 36.4 Å². The normalized spacial score (nSPS) is 16.6. The number of rotatable bonds is 16. The van der Waals surface area contributed by atoms with E-state index in [9.17, 15) is 24.0 Å². The second kappa shape index (κ2) is 19.9. The van der Waals surface area contributed by atoms with Crippen molar-refractivity contribution in [2.24, 2.45) is 11.8 Å². The van der Waals surface area contributed by atoms with Gasteiger partial charge in [0.1, 0.15) is 17.4 Å². The first-order chi connectivity index (χ1) is 26.0. The molecular formula is C44H68N4O7Si. The van der Waals surface area contributed by atoms with E-state index in [1.165, 1.54) is 4.90 Å². The highest BCUT2D eigenvalue weighted by molar-refractivity contribution is 6.74. The Bertz CT molecular complexity index is 1620. The van der Waals surface area contributed by atoms with Gasteiger partial charge >= 0.3 is 6.09 Å². The molecular weight excluding hydrogens is 725 g/mol. The Balaban J connectivity index is 2.13. The Hall–Kier alpha value is -4.03. The quantitative estimate of drug-likeness (QED) is 0.172. The van der Waals surface area contributed by atoms with Crippen molar-refractivity contribution in [3.8, 4) is 0 Å². The second-order valence-corrected chi connectivity index (χ2v) is 22.9. The van der Waals surface area contributed by atoms with Gasteiger partial charge in [0.05, 0.1) is 12.1 Å². The van der Waals surface area contributed by atoms with Crippen LogP contribution in [0.4, 0.5) is 4.79 Å². The number of carbonyl (C=O) groups excluding carboxylic acids is 5. The van der Waals surface area contributed by atoms with E-state index in [1.807, 2.05) is 77.1 Å². The largest absolute Gasteiger partial charge is 0.444 e. The molecule has 0 unspecified atom stereocenters. The fourth-order valence-electron chi connectivity index (χ4n) is 6.47. The molecule has 0 spiro atoms. The SMILES string of the molecule is CC[C@H](C)[C@H](NC(=O)[C@@H](Cc1ccc(C(=O)N(C)C)cc1)C[C@@H](O[Si](C)(C)C(C)(C)C)[C@H](Cc1ccccc1)NC(=O)OC(C)(C)C)C(=O)N1CCC(=O)CC1. The molecule has 1 saturated heterocycles. The number of Topliss-reactive ketones (excluding diaryl/α,β-unsaturated/α-hetero) is 1. The minimum absolute atomic E-state index is 0.125. The maximum atomic E-state index is 14.8. The molecule has 1 aliphatic rings. The summed E-state index contributed by atoms with van der Waals surface area (Å²) in [5.41, 5.74) is 1.62. The Morgan fingerprint density at radius 2 is 1.43 bits per heavy atom. The van der Waals surface area contributed by atoms with Crippen molar-refractivity contribution < 1.29 is 33.1 Å². The van der Waals surface area contributed by atoms with E-state index in [4.69, 9.17) is 9.16 Å². The van der Waals surface area contributed by atoms with Crippen LogP contribution >= 0.6 is 0 Å². The van der Waals surface area contributed by atoms with Crippen molar-refractivity contribution in [2.75, 3.05) is 27.2 Å². The van der Waals surface area contributed by atoms with Crippen molar-refractivity contribution in [2.45, 2.75) is 136 Å². The lowest BCUT2D eigenvalue weighted by molar-refractivity contribution is -0.141. The molecule has 0 saturated carbocycles. The van der Waals surface area contributed by atoms with Crippen LogP contribution in [0.1, 0.15) is 103 Å². The molecule has 11 nitrogen and oxygen atoms in total. The summed E-state index contributed by atoms with van der Waals surface area (Å²) in [5, 5.41) is 6.12. The van der Waals surface area contributed by atoms with Crippen LogP contribution < -0.4 is 10.6 Å². The number of nitrogens with one attached hydrogen (secondary N) is 2. The molecule has 310 valence electrons. The van der Waals surface area contributed by atoms with E-state index in [2.05, 4.69) is 44.5 Å². The van der Waals surface area contributed by atoms with E-state index in [0.717, 1.165) is 11.1 Å². The molecule has 0 radical (unpaired) electrons. The number of amides is 4. The van der Waals surface area contributed by atoms with Gasteiger partial charge in [0.2, 0.25) is 11.8 Å². The van der Waals surface area contributed by atoms with Crippen LogP contribution in [0.3, 0.4) is 0 Å². The molecule has 3 rings (SSSR count). The first kappa shape index (κ1) is 46.3. The Kier molecular flexibility index (Phi) is 16.5. The molecule has 0 bridgehead atoms. The zero-order valence-corrected chi connectivity index (χ0v) is 37.0. The molecule has 56 heavy (non-hydrogen) atoms. The third kappa shape index (κ3) is 13.9. The van der Waals surface area contributed by atoms with E-state index in [-0.39, 0.29) is 40.9 Å². The van der Waals surface area contributed by atoms with E-state index >= 15 is 0 Å². The first-order valence-electron chi connectivity index (χ1n) is 20.1. The lowest BCUT2D eigenvalue weighted by atomic mass is 9.87. The van der Waals surface area contributed by atoms with Crippen molar-refractivity contribution >= 4 is 37.9 Å². The summed E-state index contributed by atoms with van der Waals surface area (Å²) < 4.78 is 13.0. The molecule has 12 heteroatoms. The second-order valence-electron chi connectivity index (χ2n) is 18.1. The number of ether oxygens (including phenoxy) is 1. The maximum Gasteiger partial charge on any atom is 0.407 e. The molecule has 1 fully saturated rings. The van der Waals surface area contributed by atoms with Gasteiger partial charge in [-0.2, -0.15) is 0 Å². The number of carbonyl (C=O) groups is 5. The number of hydrogen-bond acceptors (Lipinski definition) is 7.